The summed E-state index contributed by atoms with van der Waals surface area (Å²) in [7, 11) is 4.39. The fraction of sp³-hybridized carbons (Fsp3) is 0.400. The summed E-state index contributed by atoms with van der Waals surface area (Å²) < 4.78 is 4.60. The number of hydrogen-bond donors (Lipinski definition) is 2. The van der Waals surface area contributed by atoms with Gasteiger partial charge in [0.2, 0.25) is 5.91 Å². The first kappa shape index (κ1) is 18.8. The van der Waals surface area contributed by atoms with Crippen LogP contribution in [0.2, 0.25) is 5.02 Å². The molecule has 0 heterocycles. The molecule has 0 aliphatic heterocycles. The highest BCUT2D eigenvalue weighted by Crippen LogP contribution is 2.22. The standard InChI is InChI=1S/C15H20ClN3O4/c1-9(7-13(20)17-2)19(3)15(22)18-10-5-6-11(12(16)8-10)14(21)23-4/h5-6,8-9H,7H2,1-4H3,(H,17,20)(H,18,22). The van der Waals surface area contributed by atoms with Gasteiger partial charge in [-0.25, -0.2) is 9.59 Å². The van der Waals surface area contributed by atoms with Crippen molar-refractivity contribution >= 4 is 35.2 Å². The minimum absolute atomic E-state index is 0.150. The molecule has 1 unspecified atom stereocenters. The molecule has 7 nitrogen and oxygen atoms in total. The van der Waals surface area contributed by atoms with E-state index in [-0.39, 0.29) is 35.0 Å². The molecule has 3 amide bonds. The van der Waals surface area contributed by atoms with Gasteiger partial charge in [0, 0.05) is 32.2 Å². The second kappa shape index (κ2) is 8.38. The average molecular weight is 342 g/mol. The number of nitrogens with one attached hydrogen (secondary N) is 2. The molecule has 2 N–H and O–H groups in total. The summed E-state index contributed by atoms with van der Waals surface area (Å²) in [6.07, 6.45) is 0.197. The van der Waals surface area contributed by atoms with Gasteiger partial charge in [-0.15, -0.1) is 0 Å². The zero-order valence-electron chi connectivity index (χ0n) is 13.5. The second-order valence-corrected chi connectivity index (χ2v) is 5.36. The Morgan fingerprint density at radius 3 is 2.52 bits per heavy atom. The predicted molar refractivity (Wildman–Crippen MR) is 87.7 cm³/mol. The summed E-state index contributed by atoms with van der Waals surface area (Å²) in [5.74, 6) is -0.702. The number of ether oxygens (including phenoxy) is 1. The lowest BCUT2D eigenvalue weighted by atomic mass is 10.2. The zero-order valence-corrected chi connectivity index (χ0v) is 14.2. The summed E-state index contributed by atoms with van der Waals surface area (Å²) in [5.41, 5.74) is 0.653. The number of nitrogens with zero attached hydrogens (tertiary/aromatic N) is 1. The molecule has 0 aromatic heterocycles. The van der Waals surface area contributed by atoms with E-state index in [1.807, 2.05) is 0 Å². The molecule has 0 saturated heterocycles. The number of benzene rings is 1. The predicted octanol–water partition coefficient (Wildman–Crippen LogP) is 2.11. The molecule has 23 heavy (non-hydrogen) atoms. The van der Waals surface area contributed by atoms with Gasteiger partial charge >= 0.3 is 12.0 Å². The number of rotatable bonds is 5. The maximum atomic E-state index is 12.2. The van der Waals surface area contributed by atoms with E-state index in [1.54, 1.807) is 27.1 Å². The van der Waals surface area contributed by atoms with Crippen molar-refractivity contribution in [2.45, 2.75) is 19.4 Å². The van der Waals surface area contributed by atoms with Crippen LogP contribution in [0.1, 0.15) is 23.7 Å². The minimum atomic E-state index is -0.552. The third kappa shape index (κ3) is 5.14. The maximum Gasteiger partial charge on any atom is 0.339 e. The van der Waals surface area contributed by atoms with Gasteiger partial charge in [-0.2, -0.15) is 0 Å². The molecule has 0 aliphatic rings. The number of amides is 3. The van der Waals surface area contributed by atoms with Crippen molar-refractivity contribution in [2.75, 3.05) is 26.5 Å². The number of methoxy groups -OCH3 is 1. The van der Waals surface area contributed by atoms with Crippen molar-refractivity contribution < 1.29 is 19.1 Å². The highest BCUT2D eigenvalue weighted by Gasteiger charge is 2.19. The van der Waals surface area contributed by atoms with Gasteiger partial charge in [0.1, 0.15) is 0 Å². The number of anilines is 1. The van der Waals surface area contributed by atoms with E-state index in [0.717, 1.165) is 0 Å². The molecule has 126 valence electrons. The van der Waals surface area contributed by atoms with E-state index in [1.165, 1.54) is 24.1 Å². The van der Waals surface area contributed by atoms with Crippen LogP contribution >= 0.6 is 11.6 Å². The van der Waals surface area contributed by atoms with Gasteiger partial charge in [-0.3, -0.25) is 4.79 Å². The highest BCUT2D eigenvalue weighted by molar-refractivity contribution is 6.33. The average Bonchev–Trinajstić information content (AvgIpc) is 2.53. The number of halogens is 1. The number of carbonyl (C=O) groups excluding carboxylic acids is 3. The van der Waals surface area contributed by atoms with Crippen LogP contribution in [-0.2, 0) is 9.53 Å². The van der Waals surface area contributed by atoms with Gasteiger partial charge in [0.15, 0.2) is 0 Å². The van der Waals surface area contributed by atoms with Crippen molar-refractivity contribution in [3.05, 3.63) is 28.8 Å². The first-order chi connectivity index (χ1) is 10.8. The summed E-state index contributed by atoms with van der Waals surface area (Å²) >= 11 is 6.00. The third-order valence-corrected chi connectivity index (χ3v) is 3.68. The molecule has 0 spiro atoms. The topological polar surface area (TPSA) is 87.7 Å². The third-order valence-electron chi connectivity index (χ3n) is 3.37. The van der Waals surface area contributed by atoms with Gasteiger partial charge in [-0.1, -0.05) is 11.6 Å². The largest absolute Gasteiger partial charge is 0.465 e. The lowest BCUT2D eigenvalue weighted by Gasteiger charge is -2.24. The van der Waals surface area contributed by atoms with Gasteiger partial charge in [0.25, 0.3) is 0 Å². The Kier molecular flexibility index (Phi) is 6.84. The normalized spacial score (nSPS) is 11.3. The van der Waals surface area contributed by atoms with Crippen LogP contribution in [0.3, 0.4) is 0 Å². The van der Waals surface area contributed by atoms with Gasteiger partial charge in [-0.05, 0) is 25.1 Å². The first-order valence-electron chi connectivity index (χ1n) is 6.92. The van der Waals surface area contributed by atoms with Crippen molar-refractivity contribution in [2.24, 2.45) is 0 Å². The Morgan fingerprint density at radius 1 is 1.35 bits per heavy atom. The molecule has 0 fully saturated rings. The Bertz CT molecular complexity index is 606. The summed E-state index contributed by atoms with van der Waals surface area (Å²) in [4.78, 5) is 36.4. The molecule has 0 aliphatic carbocycles. The van der Waals surface area contributed by atoms with Crippen molar-refractivity contribution in [1.29, 1.82) is 0 Å². The van der Waals surface area contributed by atoms with Crippen LogP contribution < -0.4 is 10.6 Å². The minimum Gasteiger partial charge on any atom is -0.465 e. The molecule has 0 saturated carbocycles. The van der Waals surface area contributed by atoms with Crippen molar-refractivity contribution in [1.82, 2.24) is 10.2 Å². The smallest absolute Gasteiger partial charge is 0.339 e. The lowest BCUT2D eigenvalue weighted by Crippen LogP contribution is -2.40. The first-order valence-corrected chi connectivity index (χ1v) is 7.30. The molecule has 1 aromatic carbocycles. The molecule has 0 radical (unpaired) electrons. The Labute approximate surface area is 139 Å². The van der Waals surface area contributed by atoms with E-state index in [4.69, 9.17) is 11.6 Å². The molecule has 0 bridgehead atoms. The molecular formula is C15H20ClN3O4. The van der Waals surface area contributed by atoms with E-state index in [0.29, 0.717) is 5.69 Å². The van der Waals surface area contributed by atoms with Gasteiger partial charge < -0.3 is 20.3 Å². The van der Waals surface area contributed by atoms with Crippen LogP contribution in [0, 0.1) is 0 Å². The van der Waals surface area contributed by atoms with Crippen LogP contribution in [0.5, 0.6) is 0 Å². The van der Waals surface area contributed by atoms with Gasteiger partial charge in [0.05, 0.1) is 17.7 Å². The van der Waals surface area contributed by atoms with E-state index < -0.39 is 5.97 Å². The fourth-order valence-corrected chi connectivity index (χ4v) is 2.05. The van der Waals surface area contributed by atoms with E-state index in [2.05, 4.69) is 15.4 Å². The lowest BCUT2D eigenvalue weighted by molar-refractivity contribution is -0.121. The summed E-state index contributed by atoms with van der Waals surface area (Å²) in [6, 6.07) is 3.82. The number of esters is 1. The maximum absolute atomic E-state index is 12.2. The van der Waals surface area contributed by atoms with Crippen molar-refractivity contribution in [3.8, 4) is 0 Å². The van der Waals surface area contributed by atoms with Crippen LogP contribution in [-0.4, -0.2) is 50.1 Å². The fourth-order valence-electron chi connectivity index (χ4n) is 1.79. The summed E-state index contributed by atoms with van der Waals surface area (Å²) in [6.45, 7) is 1.77. The van der Waals surface area contributed by atoms with Crippen LogP contribution in [0.4, 0.5) is 10.5 Å². The Balaban J connectivity index is 2.75. The second-order valence-electron chi connectivity index (χ2n) is 4.95. The SMILES string of the molecule is CNC(=O)CC(C)N(C)C(=O)Nc1ccc(C(=O)OC)c(Cl)c1. The molecule has 1 rings (SSSR count). The quantitative estimate of drug-likeness (QED) is 0.803. The molecular weight excluding hydrogens is 322 g/mol. The number of urea groups is 1. The molecule has 1 aromatic rings. The number of carbonyl (C=O) groups is 3. The molecule has 8 heteroatoms. The zero-order chi connectivity index (χ0) is 17.6. The van der Waals surface area contributed by atoms with Crippen molar-refractivity contribution in [3.63, 3.8) is 0 Å². The van der Waals surface area contributed by atoms with Crippen LogP contribution in [0.15, 0.2) is 18.2 Å². The van der Waals surface area contributed by atoms with E-state index >= 15 is 0 Å². The highest BCUT2D eigenvalue weighted by atomic mass is 35.5. The summed E-state index contributed by atoms with van der Waals surface area (Å²) in [5, 5.41) is 5.34. The van der Waals surface area contributed by atoms with E-state index in [9.17, 15) is 14.4 Å². The Hall–Kier alpha value is -2.28. The monoisotopic (exact) mass is 341 g/mol. The molecule has 1 atom stereocenters. The van der Waals surface area contributed by atoms with Crippen LogP contribution in [0.25, 0.3) is 0 Å². The Morgan fingerprint density at radius 2 is 2.00 bits per heavy atom. The number of hydrogen-bond acceptors (Lipinski definition) is 4.